The fourth-order valence-corrected chi connectivity index (χ4v) is 2.17. The second-order valence-corrected chi connectivity index (χ2v) is 6.45. The van der Waals surface area contributed by atoms with Crippen molar-refractivity contribution in [2.75, 3.05) is 0 Å². The van der Waals surface area contributed by atoms with Crippen LogP contribution in [-0.4, -0.2) is 18.0 Å². The lowest BCUT2D eigenvalue weighted by molar-refractivity contribution is -0.117. The Hall–Kier alpha value is -0.630. The van der Waals surface area contributed by atoms with Gasteiger partial charge in [-0.1, -0.05) is 27.4 Å². The zero-order valence-electron chi connectivity index (χ0n) is 11.7. The average Bonchev–Trinajstić information content (AvgIpc) is 2.52. The highest BCUT2D eigenvalue weighted by molar-refractivity contribution is 5.75. The van der Waals surface area contributed by atoms with Gasteiger partial charge in [-0.05, 0) is 43.6 Å². The van der Waals surface area contributed by atoms with Crippen LogP contribution in [0.2, 0.25) is 0 Å². The molecular formula is C15H26O2. The molecule has 0 radical (unpaired) electrons. The van der Waals surface area contributed by atoms with Gasteiger partial charge in [-0.3, -0.25) is 0 Å². The van der Waals surface area contributed by atoms with Gasteiger partial charge in [0.05, 0.1) is 12.2 Å². The average molecular weight is 238 g/mol. The molecule has 98 valence electrons. The Balaban J connectivity index is 2.34. The van der Waals surface area contributed by atoms with Gasteiger partial charge >= 0.3 is 0 Å². The summed E-state index contributed by atoms with van der Waals surface area (Å²) in [5, 5.41) is 0. The molecule has 1 aliphatic rings. The van der Waals surface area contributed by atoms with Crippen LogP contribution in [0.3, 0.4) is 0 Å². The molecule has 0 amide bonds. The van der Waals surface area contributed by atoms with Crippen molar-refractivity contribution < 1.29 is 9.53 Å². The van der Waals surface area contributed by atoms with Gasteiger partial charge in [0.2, 0.25) is 0 Å². The second kappa shape index (κ2) is 5.81. The molecule has 1 heterocycles. The Bertz CT molecular complexity index is 286. The summed E-state index contributed by atoms with van der Waals surface area (Å²) in [6.07, 6.45) is 5.05. The van der Waals surface area contributed by atoms with Gasteiger partial charge in [0.15, 0.2) is 0 Å². The third kappa shape index (κ3) is 5.49. The Morgan fingerprint density at radius 2 is 2.06 bits per heavy atom. The van der Waals surface area contributed by atoms with Crippen molar-refractivity contribution in [2.45, 2.75) is 72.0 Å². The molecule has 0 bridgehead atoms. The lowest BCUT2D eigenvalue weighted by Crippen LogP contribution is -2.15. The van der Waals surface area contributed by atoms with Crippen molar-refractivity contribution in [2.24, 2.45) is 5.41 Å². The summed E-state index contributed by atoms with van der Waals surface area (Å²) in [5.74, 6) is 0.248. The van der Waals surface area contributed by atoms with E-state index in [4.69, 9.17) is 4.74 Å². The van der Waals surface area contributed by atoms with Gasteiger partial charge in [-0.25, -0.2) is 0 Å². The topological polar surface area (TPSA) is 26.3 Å². The summed E-state index contributed by atoms with van der Waals surface area (Å²) >= 11 is 0. The first-order valence-electron chi connectivity index (χ1n) is 6.60. The first kappa shape index (κ1) is 14.4. The van der Waals surface area contributed by atoms with Crippen LogP contribution in [0.15, 0.2) is 12.2 Å². The normalized spacial score (nSPS) is 25.3. The number of hydrogen-bond acceptors (Lipinski definition) is 2. The SMILES string of the molecule is C=C1C[C@H](CCC(C)=O)O[C@H]1CCC(C)(C)C. The Morgan fingerprint density at radius 3 is 2.59 bits per heavy atom. The second-order valence-electron chi connectivity index (χ2n) is 6.45. The van der Waals surface area contributed by atoms with Gasteiger partial charge in [-0.15, -0.1) is 0 Å². The fourth-order valence-electron chi connectivity index (χ4n) is 2.17. The van der Waals surface area contributed by atoms with Gasteiger partial charge in [0.1, 0.15) is 5.78 Å². The number of carbonyl (C=O) groups excluding carboxylic acids is 1. The molecular weight excluding hydrogens is 212 g/mol. The third-order valence-electron chi connectivity index (χ3n) is 3.28. The molecule has 1 fully saturated rings. The monoisotopic (exact) mass is 238 g/mol. The minimum Gasteiger partial charge on any atom is -0.370 e. The number of ether oxygens (including phenoxy) is 1. The van der Waals surface area contributed by atoms with E-state index in [1.54, 1.807) is 6.92 Å². The quantitative estimate of drug-likeness (QED) is 0.679. The van der Waals surface area contributed by atoms with Gasteiger partial charge in [0, 0.05) is 6.42 Å². The maximum atomic E-state index is 10.9. The van der Waals surface area contributed by atoms with Crippen LogP contribution in [0, 0.1) is 5.41 Å². The predicted octanol–water partition coefficient (Wildman–Crippen LogP) is 3.90. The van der Waals surface area contributed by atoms with Crippen LogP contribution in [0.4, 0.5) is 0 Å². The van der Waals surface area contributed by atoms with Gasteiger partial charge < -0.3 is 9.53 Å². The Kier molecular flexibility index (Phi) is 4.93. The molecule has 1 rings (SSSR count). The number of Topliss-reactive ketones (excluding diaryl/α,β-unsaturated/α-hetero) is 1. The Labute approximate surface area is 105 Å². The van der Waals surface area contributed by atoms with Crippen molar-refractivity contribution in [1.29, 1.82) is 0 Å². The van der Waals surface area contributed by atoms with Crippen LogP contribution < -0.4 is 0 Å². The van der Waals surface area contributed by atoms with Gasteiger partial charge in [-0.2, -0.15) is 0 Å². The molecule has 0 spiro atoms. The molecule has 0 aromatic carbocycles. The van der Waals surface area contributed by atoms with E-state index >= 15 is 0 Å². The highest BCUT2D eigenvalue weighted by Crippen LogP contribution is 2.32. The summed E-state index contributed by atoms with van der Waals surface area (Å²) in [5.41, 5.74) is 1.56. The summed E-state index contributed by atoms with van der Waals surface area (Å²) in [6.45, 7) is 12.5. The van der Waals surface area contributed by atoms with Crippen LogP contribution in [0.25, 0.3) is 0 Å². The maximum absolute atomic E-state index is 10.9. The van der Waals surface area contributed by atoms with E-state index in [1.165, 1.54) is 5.57 Å². The Morgan fingerprint density at radius 1 is 1.41 bits per heavy atom. The minimum atomic E-state index is 0.214. The van der Waals surface area contributed by atoms with Gasteiger partial charge in [0.25, 0.3) is 0 Å². The predicted molar refractivity (Wildman–Crippen MR) is 71.0 cm³/mol. The van der Waals surface area contributed by atoms with E-state index in [9.17, 15) is 4.79 Å². The van der Waals surface area contributed by atoms with Crippen LogP contribution in [0.1, 0.15) is 59.8 Å². The lowest BCUT2D eigenvalue weighted by atomic mass is 9.88. The molecule has 0 unspecified atom stereocenters. The summed E-state index contributed by atoms with van der Waals surface area (Å²) in [7, 11) is 0. The molecule has 2 heteroatoms. The minimum absolute atomic E-state index is 0.214. The zero-order chi connectivity index (χ0) is 13.1. The van der Waals surface area contributed by atoms with E-state index in [0.717, 1.165) is 25.7 Å². The molecule has 17 heavy (non-hydrogen) atoms. The molecule has 0 saturated carbocycles. The zero-order valence-corrected chi connectivity index (χ0v) is 11.7. The van der Waals surface area contributed by atoms with E-state index in [0.29, 0.717) is 11.8 Å². The molecule has 2 atom stereocenters. The number of ketones is 1. The van der Waals surface area contributed by atoms with E-state index in [2.05, 4.69) is 27.4 Å². The molecule has 0 aromatic rings. The van der Waals surface area contributed by atoms with Crippen molar-refractivity contribution in [3.05, 3.63) is 12.2 Å². The lowest BCUT2D eigenvalue weighted by Gasteiger charge is -2.21. The smallest absolute Gasteiger partial charge is 0.129 e. The van der Waals surface area contributed by atoms with Crippen molar-refractivity contribution in [1.82, 2.24) is 0 Å². The first-order valence-corrected chi connectivity index (χ1v) is 6.60. The van der Waals surface area contributed by atoms with Crippen molar-refractivity contribution in [3.8, 4) is 0 Å². The van der Waals surface area contributed by atoms with E-state index in [-0.39, 0.29) is 18.0 Å². The standard InChI is InChI=1S/C15H26O2/c1-11-10-13(7-6-12(2)16)17-14(11)8-9-15(3,4)5/h13-14H,1,6-10H2,2-5H3/t13-,14-/m0/s1. The van der Waals surface area contributed by atoms with E-state index < -0.39 is 0 Å². The highest BCUT2D eigenvalue weighted by Gasteiger charge is 2.29. The largest absolute Gasteiger partial charge is 0.370 e. The summed E-state index contributed by atoms with van der Waals surface area (Å²) in [4.78, 5) is 10.9. The van der Waals surface area contributed by atoms with Crippen LogP contribution >= 0.6 is 0 Å². The summed E-state index contributed by atoms with van der Waals surface area (Å²) in [6, 6.07) is 0. The number of hydrogen-bond donors (Lipinski definition) is 0. The molecule has 1 aliphatic heterocycles. The molecule has 0 N–H and O–H groups in total. The highest BCUT2D eigenvalue weighted by atomic mass is 16.5. The van der Waals surface area contributed by atoms with Crippen molar-refractivity contribution >= 4 is 5.78 Å². The molecule has 2 nitrogen and oxygen atoms in total. The fraction of sp³-hybridized carbons (Fsp3) is 0.800. The third-order valence-corrected chi connectivity index (χ3v) is 3.28. The van der Waals surface area contributed by atoms with E-state index in [1.807, 2.05) is 0 Å². The maximum Gasteiger partial charge on any atom is 0.129 e. The number of rotatable bonds is 5. The summed E-state index contributed by atoms with van der Waals surface area (Å²) < 4.78 is 5.97. The van der Waals surface area contributed by atoms with Crippen molar-refractivity contribution in [3.63, 3.8) is 0 Å². The van der Waals surface area contributed by atoms with Crippen LogP contribution in [-0.2, 0) is 9.53 Å². The number of carbonyl (C=O) groups is 1. The molecule has 0 aromatic heterocycles. The molecule has 0 aliphatic carbocycles. The first-order chi connectivity index (χ1) is 7.78. The van der Waals surface area contributed by atoms with Crippen LogP contribution in [0.5, 0.6) is 0 Å². The molecule has 1 saturated heterocycles.